The second-order valence-electron chi connectivity index (χ2n) is 5.98. The first-order chi connectivity index (χ1) is 11.7. The van der Waals surface area contributed by atoms with E-state index in [4.69, 9.17) is 4.74 Å². The third-order valence-electron chi connectivity index (χ3n) is 4.00. The molecule has 7 nitrogen and oxygen atoms in total. The van der Waals surface area contributed by atoms with Gasteiger partial charge < -0.3 is 15.0 Å². The molecule has 0 radical (unpaired) electrons. The molecule has 2 rings (SSSR count). The number of nitrogens with one attached hydrogen (secondary N) is 1. The number of anilines is 1. The topological polar surface area (TPSA) is 70.6 Å². The molecule has 0 unspecified atom stereocenters. The van der Waals surface area contributed by atoms with E-state index in [1.807, 2.05) is 11.0 Å². The molecule has 1 N–H and O–H groups in total. The van der Waals surface area contributed by atoms with Gasteiger partial charge in [0.2, 0.25) is 0 Å². The molecule has 1 fully saturated rings. The van der Waals surface area contributed by atoms with Crippen molar-refractivity contribution >= 4 is 11.7 Å². The van der Waals surface area contributed by atoms with Gasteiger partial charge in [-0.05, 0) is 25.0 Å². The Morgan fingerprint density at radius 2 is 1.92 bits per heavy atom. The number of hydrogen-bond donors (Lipinski definition) is 1. The zero-order valence-corrected chi connectivity index (χ0v) is 14.8. The molecule has 1 aliphatic rings. The molecule has 1 aromatic rings. The highest BCUT2D eigenvalue weighted by atomic mass is 16.5. The van der Waals surface area contributed by atoms with Crippen molar-refractivity contribution in [3.63, 3.8) is 0 Å². The molecule has 0 spiro atoms. The van der Waals surface area contributed by atoms with E-state index in [1.165, 1.54) is 0 Å². The van der Waals surface area contributed by atoms with Crippen molar-refractivity contribution in [3.8, 4) is 0 Å². The van der Waals surface area contributed by atoms with E-state index in [0.29, 0.717) is 11.5 Å². The van der Waals surface area contributed by atoms with E-state index in [1.54, 1.807) is 6.07 Å². The van der Waals surface area contributed by atoms with Crippen LogP contribution >= 0.6 is 0 Å². The van der Waals surface area contributed by atoms with Crippen molar-refractivity contribution in [2.24, 2.45) is 0 Å². The van der Waals surface area contributed by atoms with Crippen LogP contribution in [0.15, 0.2) is 12.1 Å². The Hall–Kier alpha value is -1.73. The average Bonchev–Trinajstić information content (AvgIpc) is 2.62. The maximum Gasteiger partial charge on any atom is 0.274 e. The number of ether oxygens (including phenoxy) is 1. The first-order valence-corrected chi connectivity index (χ1v) is 8.91. The van der Waals surface area contributed by atoms with Gasteiger partial charge in [-0.25, -0.2) is 0 Å². The summed E-state index contributed by atoms with van der Waals surface area (Å²) < 4.78 is 5.33. The third kappa shape index (κ3) is 5.72. The number of hydrogen-bond acceptors (Lipinski definition) is 6. The molecule has 0 atom stereocenters. The van der Waals surface area contributed by atoms with Crippen LogP contribution in [0.5, 0.6) is 0 Å². The van der Waals surface area contributed by atoms with Crippen molar-refractivity contribution in [1.82, 2.24) is 20.0 Å². The zero-order chi connectivity index (χ0) is 17.2. The standard InChI is InChI=1S/C17H29N5O2/c1-3-8-22(9-4-2)17(23)15-5-6-16(20-19-15)18-7-10-21-11-13-24-14-12-21/h5-6H,3-4,7-14H2,1-2H3,(H,18,20). The smallest absolute Gasteiger partial charge is 0.274 e. The molecular weight excluding hydrogens is 306 g/mol. The predicted octanol–water partition coefficient (Wildman–Crippen LogP) is 1.48. The van der Waals surface area contributed by atoms with Crippen molar-refractivity contribution in [2.75, 3.05) is 57.8 Å². The number of amides is 1. The number of aromatic nitrogens is 2. The lowest BCUT2D eigenvalue weighted by Crippen LogP contribution is -2.39. The lowest BCUT2D eigenvalue weighted by Gasteiger charge is -2.26. The lowest BCUT2D eigenvalue weighted by molar-refractivity contribution is 0.0398. The van der Waals surface area contributed by atoms with Crippen LogP contribution in [0.4, 0.5) is 5.82 Å². The monoisotopic (exact) mass is 335 g/mol. The normalized spacial score (nSPS) is 15.2. The van der Waals surface area contributed by atoms with Gasteiger partial charge in [0.15, 0.2) is 5.69 Å². The fraction of sp³-hybridized carbons (Fsp3) is 0.706. The molecule has 0 bridgehead atoms. The summed E-state index contributed by atoms with van der Waals surface area (Å²) in [6.45, 7) is 11.0. The van der Waals surface area contributed by atoms with Crippen LogP contribution in [0.25, 0.3) is 0 Å². The molecule has 2 heterocycles. The largest absolute Gasteiger partial charge is 0.379 e. The maximum absolute atomic E-state index is 12.4. The van der Waals surface area contributed by atoms with Gasteiger partial charge in [-0.1, -0.05) is 13.8 Å². The van der Waals surface area contributed by atoms with Crippen LogP contribution in [0.1, 0.15) is 37.2 Å². The number of carbonyl (C=O) groups excluding carboxylic acids is 1. The van der Waals surface area contributed by atoms with Crippen molar-refractivity contribution in [3.05, 3.63) is 17.8 Å². The summed E-state index contributed by atoms with van der Waals surface area (Å²) in [7, 11) is 0. The van der Waals surface area contributed by atoms with Crippen LogP contribution in [0.3, 0.4) is 0 Å². The first-order valence-electron chi connectivity index (χ1n) is 8.91. The van der Waals surface area contributed by atoms with Gasteiger partial charge in [0.05, 0.1) is 13.2 Å². The molecule has 0 aliphatic carbocycles. The van der Waals surface area contributed by atoms with Gasteiger partial charge in [0, 0.05) is 39.3 Å². The minimum Gasteiger partial charge on any atom is -0.379 e. The fourth-order valence-electron chi connectivity index (χ4n) is 2.72. The van der Waals surface area contributed by atoms with Crippen molar-refractivity contribution in [1.29, 1.82) is 0 Å². The zero-order valence-electron chi connectivity index (χ0n) is 14.8. The number of carbonyl (C=O) groups is 1. The Morgan fingerprint density at radius 3 is 2.50 bits per heavy atom. The Morgan fingerprint density at radius 1 is 1.21 bits per heavy atom. The van der Waals surface area contributed by atoms with E-state index in [9.17, 15) is 4.79 Å². The van der Waals surface area contributed by atoms with Gasteiger partial charge in [0.25, 0.3) is 5.91 Å². The summed E-state index contributed by atoms with van der Waals surface area (Å²) in [4.78, 5) is 16.6. The summed E-state index contributed by atoms with van der Waals surface area (Å²) in [5.41, 5.74) is 0.413. The summed E-state index contributed by atoms with van der Waals surface area (Å²) in [6.07, 6.45) is 1.89. The van der Waals surface area contributed by atoms with Crippen molar-refractivity contribution in [2.45, 2.75) is 26.7 Å². The minimum atomic E-state index is -0.0360. The summed E-state index contributed by atoms with van der Waals surface area (Å²) in [5, 5.41) is 11.5. The number of nitrogens with zero attached hydrogens (tertiary/aromatic N) is 4. The molecule has 134 valence electrons. The van der Waals surface area contributed by atoms with Gasteiger partial charge in [0.1, 0.15) is 5.82 Å². The highest BCUT2D eigenvalue weighted by Crippen LogP contribution is 2.07. The lowest BCUT2D eigenvalue weighted by atomic mass is 10.3. The van der Waals surface area contributed by atoms with E-state index in [0.717, 1.165) is 65.3 Å². The second-order valence-corrected chi connectivity index (χ2v) is 5.98. The Balaban J connectivity index is 1.81. The summed E-state index contributed by atoms with van der Waals surface area (Å²) in [5.74, 6) is 0.670. The van der Waals surface area contributed by atoms with Crippen LogP contribution in [-0.2, 0) is 4.74 Å². The second kappa shape index (κ2) is 10.2. The van der Waals surface area contributed by atoms with Crippen LogP contribution in [0.2, 0.25) is 0 Å². The Labute approximate surface area is 144 Å². The average molecular weight is 335 g/mol. The van der Waals surface area contributed by atoms with E-state index in [-0.39, 0.29) is 5.91 Å². The van der Waals surface area contributed by atoms with Gasteiger partial charge in [-0.2, -0.15) is 0 Å². The first kappa shape index (κ1) is 18.6. The van der Waals surface area contributed by atoms with Gasteiger partial charge in [-0.15, -0.1) is 10.2 Å². The van der Waals surface area contributed by atoms with E-state index in [2.05, 4.69) is 34.3 Å². The maximum atomic E-state index is 12.4. The van der Waals surface area contributed by atoms with Gasteiger partial charge >= 0.3 is 0 Å². The van der Waals surface area contributed by atoms with Crippen LogP contribution in [-0.4, -0.2) is 78.4 Å². The number of morpholine rings is 1. The Bertz CT molecular complexity index is 482. The molecule has 7 heteroatoms. The molecular formula is C17H29N5O2. The molecule has 0 aromatic carbocycles. The third-order valence-corrected chi connectivity index (χ3v) is 4.00. The molecule has 24 heavy (non-hydrogen) atoms. The molecule has 0 saturated carbocycles. The quantitative estimate of drug-likeness (QED) is 0.737. The van der Waals surface area contributed by atoms with Crippen LogP contribution < -0.4 is 5.32 Å². The SMILES string of the molecule is CCCN(CCC)C(=O)c1ccc(NCCN2CCOCC2)nn1. The van der Waals surface area contributed by atoms with Gasteiger partial charge in [-0.3, -0.25) is 9.69 Å². The molecule has 1 aliphatic heterocycles. The number of rotatable bonds is 9. The van der Waals surface area contributed by atoms with E-state index >= 15 is 0 Å². The molecule has 1 aromatic heterocycles. The van der Waals surface area contributed by atoms with Crippen molar-refractivity contribution < 1.29 is 9.53 Å². The predicted molar refractivity (Wildman–Crippen MR) is 94.3 cm³/mol. The Kier molecular flexibility index (Phi) is 7.91. The molecule has 1 saturated heterocycles. The molecule has 1 amide bonds. The summed E-state index contributed by atoms with van der Waals surface area (Å²) >= 11 is 0. The highest BCUT2D eigenvalue weighted by molar-refractivity contribution is 5.92. The van der Waals surface area contributed by atoms with E-state index < -0.39 is 0 Å². The van der Waals surface area contributed by atoms with Crippen LogP contribution in [0, 0.1) is 0 Å². The summed E-state index contributed by atoms with van der Waals surface area (Å²) in [6, 6.07) is 3.58. The fourth-order valence-corrected chi connectivity index (χ4v) is 2.72. The highest BCUT2D eigenvalue weighted by Gasteiger charge is 2.16. The minimum absolute atomic E-state index is 0.0360.